The molecule has 0 unspecified atom stereocenters. The number of nitrogens with one attached hydrogen (secondary N) is 1. The fourth-order valence-electron chi connectivity index (χ4n) is 1.22. The van der Waals surface area contributed by atoms with Crippen molar-refractivity contribution in [3.63, 3.8) is 0 Å². The minimum absolute atomic E-state index is 0.115. The molecule has 8 nitrogen and oxygen atoms in total. The van der Waals surface area contributed by atoms with Crippen LogP contribution in [-0.4, -0.2) is 21.0 Å². The zero-order valence-electron chi connectivity index (χ0n) is 7.84. The Labute approximate surface area is 88.2 Å². The van der Waals surface area contributed by atoms with Gasteiger partial charge in [0.1, 0.15) is 10.6 Å². The van der Waals surface area contributed by atoms with Crippen molar-refractivity contribution >= 4 is 11.8 Å². The predicted molar refractivity (Wildman–Crippen MR) is 51.5 cm³/mol. The van der Waals surface area contributed by atoms with E-state index < -0.39 is 16.7 Å². The number of carbonyl (C=O) groups excluding carboxylic acids is 1. The van der Waals surface area contributed by atoms with Crippen LogP contribution in [0.1, 0.15) is 10.4 Å². The van der Waals surface area contributed by atoms with Gasteiger partial charge in [0.15, 0.2) is 5.76 Å². The Morgan fingerprint density at radius 2 is 2.31 bits per heavy atom. The van der Waals surface area contributed by atoms with E-state index in [4.69, 9.17) is 10.2 Å². The number of amides is 1. The highest BCUT2D eigenvalue weighted by Gasteiger charge is 2.19. The number of aromatic amines is 1. The maximum absolute atomic E-state index is 11.0. The van der Waals surface area contributed by atoms with E-state index in [9.17, 15) is 14.9 Å². The quantitative estimate of drug-likeness (QED) is 0.582. The summed E-state index contributed by atoms with van der Waals surface area (Å²) in [5.41, 5.74) is 5.43. The molecule has 0 saturated heterocycles. The van der Waals surface area contributed by atoms with Crippen LogP contribution in [0, 0.1) is 10.1 Å². The maximum Gasteiger partial charge on any atom is 0.433 e. The molecule has 0 bridgehead atoms. The number of carbonyl (C=O) groups is 1. The Balaban J connectivity index is 2.46. The third kappa shape index (κ3) is 1.52. The zero-order valence-corrected chi connectivity index (χ0v) is 7.84. The summed E-state index contributed by atoms with van der Waals surface area (Å²) in [4.78, 5) is 20.7. The molecule has 2 heterocycles. The molecular formula is C8H6N4O4. The SMILES string of the molecule is NC(=O)c1cn[nH]c1-c1ccc([N+](=O)[O-])o1. The topological polar surface area (TPSA) is 128 Å². The molecule has 0 spiro atoms. The average Bonchev–Trinajstić information content (AvgIpc) is 2.86. The van der Waals surface area contributed by atoms with Gasteiger partial charge in [-0.25, -0.2) is 0 Å². The van der Waals surface area contributed by atoms with E-state index >= 15 is 0 Å². The minimum atomic E-state index is -0.692. The van der Waals surface area contributed by atoms with Crippen molar-refractivity contribution in [1.29, 1.82) is 0 Å². The van der Waals surface area contributed by atoms with Crippen molar-refractivity contribution in [3.05, 3.63) is 34.0 Å². The van der Waals surface area contributed by atoms with Gasteiger partial charge in [-0.2, -0.15) is 5.10 Å². The second-order valence-corrected chi connectivity index (χ2v) is 2.92. The van der Waals surface area contributed by atoms with Crippen LogP contribution in [0.25, 0.3) is 11.5 Å². The number of nitrogens with two attached hydrogens (primary N) is 1. The molecule has 0 aliphatic carbocycles. The predicted octanol–water partition coefficient (Wildman–Crippen LogP) is 0.677. The third-order valence-electron chi connectivity index (χ3n) is 1.92. The van der Waals surface area contributed by atoms with E-state index in [1.165, 1.54) is 18.3 Å². The van der Waals surface area contributed by atoms with Gasteiger partial charge in [0, 0.05) is 0 Å². The van der Waals surface area contributed by atoms with Crippen LogP contribution in [0.5, 0.6) is 0 Å². The van der Waals surface area contributed by atoms with Gasteiger partial charge >= 0.3 is 5.88 Å². The molecule has 0 saturated carbocycles. The molecule has 0 aromatic carbocycles. The molecule has 2 aromatic heterocycles. The number of H-pyrrole nitrogens is 1. The first kappa shape index (κ1) is 9.90. The average molecular weight is 222 g/mol. The van der Waals surface area contributed by atoms with E-state index in [0.29, 0.717) is 0 Å². The Morgan fingerprint density at radius 3 is 2.88 bits per heavy atom. The lowest BCUT2D eigenvalue weighted by atomic mass is 10.2. The third-order valence-corrected chi connectivity index (χ3v) is 1.92. The van der Waals surface area contributed by atoms with Crippen LogP contribution in [0.15, 0.2) is 22.7 Å². The van der Waals surface area contributed by atoms with E-state index in [1.54, 1.807) is 0 Å². The number of hydrogen-bond acceptors (Lipinski definition) is 5. The van der Waals surface area contributed by atoms with Gasteiger partial charge in [-0.05, 0) is 6.07 Å². The molecule has 16 heavy (non-hydrogen) atoms. The molecule has 0 atom stereocenters. The van der Waals surface area contributed by atoms with Gasteiger partial charge in [-0.1, -0.05) is 0 Å². The van der Waals surface area contributed by atoms with E-state index in [2.05, 4.69) is 10.2 Å². The van der Waals surface area contributed by atoms with Crippen molar-refractivity contribution in [2.75, 3.05) is 0 Å². The number of hydrogen-bond donors (Lipinski definition) is 2. The normalized spacial score (nSPS) is 10.2. The summed E-state index contributed by atoms with van der Waals surface area (Å²) in [6.45, 7) is 0. The van der Waals surface area contributed by atoms with Crippen LogP contribution in [0.2, 0.25) is 0 Å². The summed E-state index contributed by atoms with van der Waals surface area (Å²) >= 11 is 0. The smallest absolute Gasteiger partial charge is 0.399 e. The van der Waals surface area contributed by atoms with Gasteiger partial charge < -0.3 is 10.2 Å². The minimum Gasteiger partial charge on any atom is -0.399 e. The fourth-order valence-corrected chi connectivity index (χ4v) is 1.22. The van der Waals surface area contributed by atoms with Crippen molar-refractivity contribution in [2.45, 2.75) is 0 Å². The number of rotatable bonds is 3. The number of furan rings is 1. The standard InChI is InChI=1S/C8H6N4O4/c9-8(13)4-3-10-11-7(4)5-1-2-6(16-5)12(14)15/h1-3H,(H2,9,13)(H,10,11). The van der Waals surface area contributed by atoms with Crippen LogP contribution in [-0.2, 0) is 0 Å². The number of aromatic nitrogens is 2. The van der Waals surface area contributed by atoms with Gasteiger partial charge in [0.2, 0.25) is 0 Å². The first-order chi connectivity index (χ1) is 7.59. The summed E-state index contributed by atoms with van der Waals surface area (Å²) in [5.74, 6) is -0.971. The molecule has 1 amide bonds. The second-order valence-electron chi connectivity index (χ2n) is 2.92. The highest BCUT2D eigenvalue weighted by molar-refractivity contribution is 5.98. The van der Waals surface area contributed by atoms with Crippen LogP contribution >= 0.6 is 0 Å². The highest BCUT2D eigenvalue weighted by atomic mass is 16.6. The lowest BCUT2D eigenvalue weighted by molar-refractivity contribution is -0.401. The van der Waals surface area contributed by atoms with Crippen LogP contribution in [0.4, 0.5) is 5.88 Å². The zero-order chi connectivity index (χ0) is 11.7. The molecule has 0 aliphatic rings. The summed E-state index contributed by atoms with van der Waals surface area (Å²) < 4.78 is 4.90. The highest BCUT2D eigenvalue weighted by Crippen LogP contribution is 2.26. The Morgan fingerprint density at radius 1 is 1.56 bits per heavy atom. The molecule has 0 radical (unpaired) electrons. The maximum atomic E-state index is 11.0. The molecule has 0 aliphatic heterocycles. The van der Waals surface area contributed by atoms with Crippen molar-refractivity contribution in [1.82, 2.24) is 10.2 Å². The van der Waals surface area contributed by atoms with E-state index in [-0.39, 0.29) is 17.0 Å². The van der Waals surface area contributed by atoms with Crippen LogP contribution < -0.4 is 5.73 Å². The fraction of sp³-hybridized carbons (Fsp3) is 0. The summed E-state index contributed by atoms with van der Waals surface area (Å²) in [5, 5.41) is 16.5. The molecule has 2 rings (SSSR count). The first-order valence-electron chi connectivity index (χ1n) is 4.17. The van der Waals surface area contributed by atoms with Gasteiger partial charge in [-0.15, -0.1) is 0 Å². The molecule has 8 heteroatoms. The number of primary amides is 1. The van der Waals surface area contributed by atoms with Gasteiger partial charge in [0.25, 0.3) is 5.91 Å². The van der Waals surface area contributed by atoms with Crippen LogP contribution in [0.3, 0.4) is 0 Å². The molecule has 3 N–H and O–H groups in total. The summed E-state index contributed by atoms with van der Waals surface area (Å²) in [7, 11) is 0. The number of nitrogens with zero attached hydrogens (tertiary/aromatic N) is 2. The summed E-state index contributed by atoms with van der Waals surface area (Å²) in [6, 6.07) is 2.54. The van der Waals surface area contributed by atoms with Crippen molar-refractivity contribution < 1.29 is 14.1 Å². The Hall–Kier alpha value is -2.64. The Bertz CT molecular complexity index is 556. The van der Waals surface area contributed by atoms with Gasteiger partial charge in [0.05, 0.1) is 17.8 Å². The largest absolute Gasteiger partial charge is 0.433 e. The van der Waals surface area contributed by atoms with E-state index in [1.807, 2.05) is 0 Å². The number of nitro groups is 1. The van der Waals surface area contributed by atoms with E-state index in [0.717, 1.165) is 0 Å². The first-order valence-corrected chi connectivity index (χ1v) is 4.17. The molecule has 2 aromatic rings. The van der Waals surface area contributed by atoms with Gasteiger partial charge in [-0.3, -0.25) is 20.0 Å². The lowest BCUT2D eigenvalue weighted by Crippen LogP contribution is -2.10. The molecular weight excluding hydrogens is 216 g/mol. The summed E-state index contributed by atoms with van der Waals surface area (Å²) in [6.07, 6.45) is 1.23. The molecule has 0 fully saturated rings. The molecule has 82 valence electrons. The van der Waals surface area contributed by atoms with Crippen molar-refractivity contribution in [2.24, 2.45) is 5.73 Å². The second kappa shape index (κ2) is 3.50. The lowest BCUT2D eigenvalue weighted by Gasteiger charge is -1.93. The van der Waals surface area contributed by atoms with Crippen molar-refractivity contribution in [3.8, 4) is 11.5 Å². The Kier molecular flexibility index (Phi) is 2.16. The monoisotopic (exact) mass is 222 g/mol.